The van der Waals surface area contributed by atoms with Crippen molar-refractivity contribution in [1.29, 1.82) is 5.41 Å². The van der Waals surface area contributed by atoms with Crippen LogP contribution in [0.15, 0.2) is 24.3 Å². The molecule has 0 saturated heterocycles. The van der Waals surface area contributed by atoms with Crippen LogP contribution in [0.5, 0.6) is 11.5 Å². The van der Waals surface area contributed by atoms with Crippen LogP contribution in [0.2, 0.25) is 0 Å². The van der Waals surface area contributed by atoms with E-state index in [2.05, 4.69) is 0 Å². The second-order valence-electron chi connectivity index (χ2n) is 3.38. The predicted molar refractivity (Wildman–Crippen MR) is 64.2 cm³/mol. The summed E-state index contributed by atoms with van der Waals surface area (Å²) in [5.74, 6) is 1.48. The second-order valence-corrected chi connectivity index (χ2v) is 3.38. The molecule has 1 aromatic carbocycles. The van der Waals surface area contributed by atoms with Gasteiger partial charge in [-0.25, -0.2) is 0 Å². The van der Waals surface area contributed by atoms with Crippen LogP contribution in [0, 0.1) is 5.41 Å². The van der Waals surface area contributed by atoms with Crippen molar-refractivity contribution in [3.8, 4) is 11.5 Å². The Morgan fingerprint density at radius 2 is 2.06 bits per heavy atom. The molecular weight excluding hydrogens is 204 g/mol. The van der Waals surface area contributed by atoms with Gasteiger partial charge in [-0.1, -0.05) is 13.0 Å². The van der Waals surface area contributed by atoms with Crippen molar-refractivity contribution < 1.29 is 9.47 Å². The maximum atomic E-state index is 7.36. The van der Waals surface area contributed by atoms with Crippen molar-refractivity contribution >= 4 is 5.84 Å². The van der Waals surface area contributed by atoms with Crippen molar-refractivity contribution in [2.75, 3.05) is 6.61 Å². The SMILES string of the molecule is CCOc1cccc(OC(CC)C(=N)N)c1. The maximum absolute atomic E-state index is 7.36. The lowest BCUT2D eigenvalue weighted by atomic mass is 10.2. The number of benzene rings is 1. The van der Waals surface area contributed by atoms with Crippen LogP contribution in [-0.4, -0.2) is 18.5 Å². The van der Waals surface area contributed by atoms with E-state index in [-0.39, 0.29) is 11.9 Å². The third-order valence-corrected chi connectivity index (χ3v) is 2.11. The Morgan fingerprint density at radius 1 is 1.38 bits per heavy atom. The molecule has 1 aromatic rings. The van der Waals surface area contributed by atoms with Crippen molar-refractivity contribution in [2.24, 2.45) is 5.73 Å². The highest BCUT2D eigenvalue weighted by molar-refractivity contribution is 5.82. The molecule has 0 aromatic heterocycles. The summed E-state index contributed by atoms with van der Waals surface area (Å²) in [6.07, 6.45) is 0.311. The first-order valence-electron chi connectivity index (χ1n) is 5.40. The van der Waals surface area contributed by atoms with Crippen LogP contribution in [0.1, 0.15) is 20.3 Å². The van der Waals surface area contributed by atoms with E-state index in [1.54, 1.807) is 6.07 Å². The fourth-order valence-corrected chi connectivity index (χ4v) is 1.33. The number of rotatable bonds is 6. The van der Waals surface area contributed by atoms with E-state index in [9.17, 15) is 0 Å². The summed E-state index contributed by atoms with van der Waals surface area (Å²) >= 11 is 0. The summed E-state index contributed by atoms with van der Waals surface area (Å²) in [6.45, 7) is 4.48. The molecule has 0 radical (unpaired) electrons. The van der Waals surface area contributed by atoms with Gasteiger partial charge in [-0.05, 0) is 25.5 Å². The van der Waals surface area contributed by atoms with Crippen LogP contribution < -0.4 is 15.2 Å². The predicted octanol–water partition coefficient (Wildman–Crippen LogP) is 2.18. The lowest BCUT2D eigenvalue weighted by Gasteiger charge is -2.16. The quantitative estimate of drug-likeness (QED) is 0.572. The summed E-state index contributed by atoms with van der Waals surface area (Å²) in [4.78, 5) is 0. The number of hydrogen-bond donors (Lipinski definition) is 2. The highest BCUT2D eigenvalue weighted by Crippen LogP contribution is 2.20. The fourth-order valence-electron chi connectivity index (χ4n) is 1.33. The number of nitrogens with two attached hydrogens (primary N) is 1. The normalized spacial score (nSPS) is 11.9. The molecule has 0 saturated carbocycles. The molecule has 0 spiro atoms. The van der Waals surface area contributed by atoms with Crippen molar-refractivity contribution in [3.63, 3.8) is 0 Å². The lowest BCUT2D eigenvalue weighted by molar-refractivity contribution is 0.258. The zero-order chi connectivity index (χ0) is 12.0. The van der Waals surface area contributed by atoms with Crippen LogP contribution in [0.4, 0.5) is 0 Å². The first kappa shape index (κ1) is 12.4. The van der Waals surface area contributed by atoms with E-state index >= 15 is 0 Å². The Balaban J connectivity index is 2.72. The molecule has 3 N–H and O–H groups in total. The molecule has 16 heavy (non-hydrogen) atoms. The molecule has 0 heterocycles. The minimum absolute atomic E-state index is 0.0457. The third kappa shape index (κ3) is 3.46. The number of ether oxygens (including phenoxy) is 2. The molecule has 4 nitrogen and oxygen atoms in total. The average molecular weight is 222 g/mol. The molecule has 1 rings (SSSR count). The van der Waals surface area contributed by atoms with Gasteiger partial charge in [0.15, 0.2) is 6.10 Å². The molecule has 0 fully saturated rings. The van der Waals surface area contributed by atoms with Crippen LogP contribution in [-0.2, 0) is 0 Å². The van der Waals surface area contributed by atoms with Gasteiger partial charge in [0.2, 0.25) is 0 Å². The van der Waals surface area contributed by atoms with Gasteiger partial charge in [0.1, 0.15) is 17.3 Å². The first-order valence-corrected chi connectivity index (χ1v) is 5.40. The van der Waals surface area contributed by atoms with Gasteiger partial charge in [-0.15, -0.1) is 0 Å². The van der Waals surface area contributed by atoms with Crippen molar-refractivity contribution in [2.45, 2.75) is 26.4 Å². The largest absolute Gasteiger partial charge is 0.494 e. The molecular formula is C12H18N2O2. The maximum Gasteiger partial charge on any atom is 0.155 e. The van der Waals surface area contributed by atoms with E-state index in [1.165, 1.54) is 0 Å². The van der Waals surface area contributed by atoms with Gasteiger partial charge in [0, 0.05) is 6.07 Å². The molecule has 88 valence electrons. The Morgan fingerprint density at radius 3 is 2.62 bits per heavy atom. The van der Waals surface area contributed by atoms with Gasteiger partial charge in [0.25, 0.3) is 0 Å². The summed E-state index contributed by atoms with van der Waals surface area (Å²) in [5, 5.41) is 7.36. The smallest absolute Gasteiger partial charge is 0.155 e. The van der Waals surface area contributed by atoms with Crippen molar-refractivity contribution in [1.82, 2.24) is 0 Å². The van der Waals surface area contributed by atoms with Gasteiger partial charge < -0.3 is 15.2 Å². The van der Waals surface area contributed by atoms with Gasteiger partial charge in [-0.3, -0.25) is 5.41 Å². The molecule has 0 bridgehead atoms. The van der Waals surface area contributed by atoms with Gasteiger partial charge >= 0.3 is 0 Å². The number of hydrogen-bond acceptors (Lipinski definition) is 3. The Labute approximate surface area is 95.9 Å². The standard InChI is InChI=1S/C12H18N2O2/c1-3-11(12(13)14)16-10-7-5-6-9(8-10)15-4-2/h5-8,11H,3-4H2,1-2H3,(H3,13,14). The molecule has 0 aliphatic heterocycles. The van der Waals surface area contributed by atoms with E-state index in [4.69, 9.17) is 20.6 Å². The first-order chi connectivity index (χ1) is 7.67. The average Bonchev–Trinajstić information content (AvgIpc) is 2.26. The number of amidine groups is 1. The molecule has 0 aliphatic carbocycles. The van der Waals surface area contributed by atoms with E-state index in [0.717, 1.165) is 5.75 Å². The molecule has 4 heteroatoms. The minimum atomic E-state index is -0.364. The van der Waals surface area contributed by atoms with Crippen LogP contribution >= 0.6 is 0 Å². The topological polar surface area (TPSA) is 68.3 Å². The van der Waals surface area contributed by atoms with E-state index in [1.807, 2.05) is 32.0 Å². The number of nitrogens with one attached hydrogen (secondary N) is 1. The summed E-state index contributed by atoms with van der Waals surface area (Å²) in [6, 6.07) is 7.35. The summed E-state index contributed by atoms with van der Waals surface area (Å²) < 4.78 is 10.9. The van der Waals surface area contributed by atoms with Crippen LogP contribution in [0.3, 0.4) is 0 Å². The monoisotopic (exact) mass is 222 g/mol. The Bertz CT molecular complexity index is 353. The van der Waals surface area contributed by atoms with E-state index in [0.29, 0.717) is 18.8 Å². The Kier molecular flexibility index (Phi) is 4.64. The highest BCUT2D eigenvalue weighted by Gasteiger charge is 2.11. The van der Waals surface area contributed by atoms with Gasteiger partial charge in [-0.2, -0.15) is 0 Å². The molecule has 1 unspecified atom stereocenters. The van der Waals surface area contributed by atoms with Gasteiger partial charge in [0.05, 0.1) is 6.61 Å². The second kappa shape index (κ2) is 6.00. The Hall–Kier alpha value is -1.71. The summed E-state index contributed by atoms with van der Waals surface area (Å²) in [5.41, 5.74) is 5.42. The van der Waals surface area contributed by atoms with Crippen molar-refractivity contribution in [3.05, 3.63) is 24.3 Å². The highest BCUT2D eigenvalue weighted by atomic mass is 16.5. The fraction of sp³-hybridized carbons (Fsp3) is 0.417. The lowest BCUT2D eigenvalue weighted by Crippen LogP contribution is -2.32. The molecule has 1 atom stereocenters. The minimum Gasteiger partial charge on any atom is -0.494 e. The molecule has 0 aliphatic rings. The zero-order valence-electron chi connectivity index (χ0n) is 9.69. The van der Waals surface area contributed by atoms with Crippen LogP contribution in [0.25, 0.3) is 0 Å². The third-order valence-electron chi connectivity index (χ3n) is 2.11. The zero-order valence-corrected chi connectivity index (χ0v) is 9.69. The molecule has 0 amide bonds. The van der Waals surface area contributed by atoms with E-state index < -0.39 is 0 Å². The summed E-state index contributed by atoms with van der Waals surface area (Å²) in [7, 11) is 0.